The van der Waals surface area contributed by atoms with Gasteiger partial charge in [-0.3, -0.25) is 9.05 Å². The third-order valence-corrected chi connectivity index (χ3v) is 3.70. The molecule has 0 radical (unpaired) electrons. The number of terminal acetylenes is 2. The van der Waals surface area contributed by atoms with E-state index in [2.05, 4.69) is 18.8 Å². The van der Waals surface area contributed by atoms with Crippen molar-refractivity contribution in [1.29, 1.82) is 0 Å². The Morgan fingerprint density at radius 2 is 1.67 bits per heavy atom. The van der Waals surface area contributed by atoms with Gasteiger partial charge in [0.05, 0.1) is 6.61 Å². The van der Waals surface area contributed by atoms with E-state index in [1.165, 1.54) is 0 Å². The molecule has 0 saturated carbocycles. The SMILES string of the molecule is C#CCOP(=S)(OCC#C)OCCCC. The molecule has 0 amide bonds. The number of rotatable bonds is 8. The van der Waals surface area contributed by atoms with Gasteiger partial charge in [0.15, 0.2) is 0 Å². The second kappa shape index (κ2) is 8.92. The van der Waals surface area contributed by atoms with Crippen LogP contribution in [0.15, 0.2) is 0 Å². The third kappa shape index (κ3) is 7.56. The van der Waals surface area contributed by atoms with Gasteiger partial charge in [-0.15, -0.1) is 12.8 Å². The molecular weight excluding hydrogens is 231 g/mol. The van der Waals surface area contributed by atoms with Gasteiger partial charge in [0.2, 0.25) is 0 Å². The first-order chi connectivity index (χ1) is 7.18. The predicted octanol–water partition coefficient (Wildman–Crippen LogP) is 2.33. The summed E-state index contributed by atoms with van der Waals surface area (Å²) < 4.78 is 15.7. The smallest absolute Gasteiger partial charge is 0.309 e. The molecule has 0 fully saturated rings. The van der Waals surface area contributed by atoms with Gasteiger partial charge in [-0.05, 0) is 18.2 Å². The number of hydrogen-bond donors (Lipinski definition) is 0. The molecule has 0 bridgehead atoms. The molecule has 0 aliphatic carbocycles. The minimum absolute atomic E-state index is 0.0774. The third-order valence-electron chi connectivity index (χ3n) is 1.36. The van der Waals surface area contributed by atoms with Crippen LogP contribution in [0.4, 0.5) is 0 Å². The highest BCUT2D eigenvalue weighted by Crippen LogP contribution is 2.49. The Bertz CT molecular complexity index is 268. The average Bonchev–Trinajstić information content (AvgIpc) is 2.24. The zero-order valence-corrected chi connectivity index (χ0v) is 10.5. The normalized spacial score (nSPS) is 10.6. The summed E-state index contributed by atoms with van der Waals surface area (Å²) in [7, 11) is 0. The van der Waals surface area contributed by atoms with Crippen molar-refractivity contribution >= 4 is 18.5 Å². The molecule has 0 aromatic heterocycles. The van der Waals surface area contributed by atoms with Crippen molar-refractivity contribution in [3.8, 4) is 24.7 Å². The second-order valence-electron chi connectivity index (χ2n) is 2.59. The molecule has 0 aliphatic heterocycles. The maximum atomic E-state index is 5.36. The van der Waals surface area contributed by atoms with E-state index >= 15 is 0 Å². The Labute approximate surface area is 96.7 Å². The summed E-state index contributed by atoms with van der Waals surface area (Å²) in [5.74, 6) is 4.63. The van der Waals surface area contributed by atoms with Crippen molar-refractivity contribution in [3.05, 3.63) is 0 Å². The molecule has 0 aromatic carbocycles. The molecule has 3 nitrogen and oxygen atoms in total. The monoisotopic (exact) mass is 246 g/mol. The van der Waals surface area contributed by atoms with Crippen LogP contribution in [0.3, 0.4) is 0 Å². The zero-order chi connectivity index (χ0) is 11.6. The van der Waals surface area contributed by atoms with E-state index in [1.54, 1.807) is 0 Å². The summed E-state index contributed by atoms with van der Waals surface area (Å²) in [6.45, 7) is -0.0231. The molecule has 0 spiro atoms. The molecule has 0 saturated heterocycles. The van der Waals surface area contributed by atoms with Crippen LogP contribution in [0.1, 0.15) is 19.8 Å². The fourth-order valence-electron chi connectivity index (χ4n) is 0.665. The summed E-state index contributed by atoms with van der Waals surface area (Å²) in [6.07, 6.45) is 12.0. The van der Waals surface area contributed by atoms with Gasteiger partial charge < -0.3 is 4.52 Å². The Kier molecular flexibility index (Phi) is 8.71. The van der Waals surface area contributed by atoms with Crippen molar-refractivity contribution in [2.45, 2.75) is 19.8 Å². The maximum Gasteiger partial charge on any atom is 0.329 e. The Morgan fingerprint density at radius 3 is 2.07 bits per heavy atom. The lowest BCUT2D eigenvalue weighted by Crippen LogP contribution is -2.02. The van der Waals surface area contributed by atoms with E-state index in [1.807, 2.05) is 0 Å². The molecule has 0 aromatic rings. The van der Waals surface area contributed by atoms with Gasteiger partial charge in [0, 0.05) is 0 Å². The first kappa shape index (κ1) is 14.6. The van der Waals surface area contributed by atoms with Crippen LogP contribution < -0.4 is 0 Å². The molecule has 0 aliphatic rings. The molecule has 15 heavy (non-hydrogen) atoms. The molecule has 0 heterocycles. The molecule has 0 atom stereocenters. The quantitative estimate of drug-likeness (QED) is 0.373. The van der Waals surface area contributed by atoms with Crippen molar-refractivity contribution < 1.29 is 13.6 Å². The Morgan fingerprint density at radius 1 is 1.13 bits per heavy atom. The predicted molar refractivity (Wildman–Crippen MR) is 64.7 cm³/mol. The van der Waals surface area contributed by atoms with Gasteiger partial charge in [0.25, 0.3) is 0 Å². The zero-order valence-electron chi connectivity index (χ0n) is 8.77. The molecule has 5 heteroatoms. The van der Waals surface area contributed by atoms with Crippen LogP contribution in [-0.4, -0.2) is 19.8 Å². The highest BCUT2D eigenvalue weighted by Gasteiger charge is 2.19. The minimum atomic E-state index is -2.73. The van der Waals surface area contributed by atoms with Gasteiger partial charge in [-0.1, -0.05) is 25.2 Å². The van der Waals surface area contributed by atoms with E-state index in [0.29, 0.717) is 6.61 Å². The van der Waals surface area contributed by atoms with Crippen LogP contribution in [0.2, 0.25) is 0 Å². The van der Waals surface area contributed by atoms with Crippen molar-refractivity contribution in [1.82, 2.24) is 0 Å². The Hall–Kier alpha value is -0.350. The van der Waals surface area contributed by atoms with E-state index in [-0.39, 0.29) is 13.2 Å². The maximum absolute atomic E-state index is 5.36. The van der Waals surface area contributed by atoms with Gasteiger partial charge in [-0.2, -0.15) is 0 Å². The fraction of sp³-hybridized carbons (Fsp3) is 0.600. The van der Waals surface area contributed by atoms with Crippen molar-refractivity contribution in [3.63, 3.8) is 0 Å². The first-order valence-corrected chi connectivity index (χ1v) is 7.14. The molecule has 0 rings (SSSR count). The van der Waals surface area contributed by atoms with E-state index < -0.39 is 6.72 Å². The van der Waals surface area contributed by atoms with Crippen molar-refractivity contribution in [2.75, 3.05) is 19.8 Å². The van der Waals surface area contributed by atoms with Gasteiger partial charge in [-0.25, -0.2) is 0 Å². The van der Waals surface area contributed by atoms with Crippen LogP contribution in [0, 0.1) is 24.7 Å². The van der Waals surface area contributed by atoms with E-state index in [0.717, 1.165) is 12.8 Å². The van der Waals surface area contributed by atoms with E-state index in [4.69, 9.17) is 38.2 Å². The second-order valence-corrected chi connectivity index (χ2v) is 5.60. The summed E-state index contributed by atoms with van der Waals surface area (Å²) >= 11 is 5.10. The lowest BCUT2D eigenvalue weighted by atomic mass is 10.4. The summed E-state index contributed by atoms with van der Waals surface area (Å²) in [4.78, 5) is 0. The highest BCUT2D eigenvalue weighted by atomic mass is 32.5. The summed E-state index contributed by atoms with van der Waals surface area (Å²) in [5, 5.41) is 0. The minimum Gasteiger partial charge on any atom is -0.309 e. The van der Waals surface area contributed by atoms with Crippen LogP contribution in [-0.2, 0) is 25.4 Å². The van der Waals surface area contributed by atoms with Crippen LogP contribution >= 0.6 is 6.72 Å². The number of hydrogen-bond acceptors (Lipinski definition) is 4. The van der Waals surface area contributed by atoms with E-state index in [9.17, 15) is 0 Å². The molecular formula is C10H15O3PS. The molecule has 84 valence electrons. The summed E-state index contributed by atoms with van der Waals surface area (Å²) in [6, 6.07) is 0. The topological polar surface area (TPSA) is 27.7 Å². The average molecular weight is 246 g/mol. The number of unbranched alkanes of at least 4 members (excludes halogenated alkanes) is 1. The largest absolute Gasteiger partial charge is 0.329 e. The van der Waals surface area contributed by atoms with Gasteiger partial charge in [0.1, 0.15) is 13.2 Å². The van der Waals surface area contributed by atoms with Crippen LogP contribution in [0.5, 0.6) is 0 Å². The lowest BCUT2D eigenvalue weighted by Gasteiger charge is -2.19. The molecule has 0 N–H and O–H groups in total. The van der Waals surface area contributed by atoms with Crippen LogP contribution in [0.25, 0.3) is 0 Å². The Balaban J connectivity index is 4.10. The van der Waals surface area contributed by atoms with Crippen molar-refractivity contribution in [2.24, 2.45) is 0 Å². The standard InChI is InChI=1S/C10H15O3PS/c1-4-7-10-13-14(15,11-8-5-2)12-9-6-3/h2-3H,4,7-10H2,1H3. The first-order valence-electron chi connectivity index (χ1n) is 4.59. The van der Waals surface area contributed by atoms with Gasteiger partial charge >= 0.3 is 6.72 Å². The lowest BCUT2D eigenvalue weighted by molar-refractivity contribution is 0.179. The fourth-order valence-corrected chi connectivity index (χ4v) is 2.25. The highest BCUT2D eigenvalue weighted by molar-refractivity contribution is 8.07. The molecule has 0 unspecified atom stereocenters. The summed E-state index contributed by atoms with van der Waals surface area (Å²) in [5.41, 5.74) is 0.